The third kappa shape index (κ3) is 5.06. The number of hydrogen-bond donors (Lipinski definition) is 2. The second-order valence-corrected chi connectivity index (χ2v) is 9.22. The number of nitrogens with one attached hydrogen (secondary N) is 2. The lowest BCUT2D eigenvalue weighted by Crippen LogP contribution is -2.46. The van der Waals surface area contributed by atoms with Crippen LogP contribution >= 0.6 is 24.0 Å². The highest BCUT2D eigenvalue weighted by molar-refractivity contribution is 14.0. The van der Waals surface area contributed by atoms with Crippen LogP contribution in [0.3, 0.4) is 0 Å². The number of rotatable bonds is 4. The fourth-order valence-electron chi connectivity index (χ4n) is 5.13. The van der Waals surface area contributed by atoms with Crippen molar-refractivity contribution in [3.05, 3.63) is 71.2 Å². The van der Waals surface area contributed by atoms with Gasteiger partial charge in [-0.25, -0.2) is 9.67 Å². The summed E-state index contributed by atoms with van der Waals surface area (Å²) in [7, 11) is 1.82. The molecule has 3 aromatic rings. The van der Waals surface area contributed by atoms with Crippen molar-refractivity contribution in [2.45, 2.75) is 64.1 Å². The summed E-state index contributed by atoms with van der Waals surface area (Å²) < 4.78 is 8.37. The van der Waals surface area contributed by atoms with Gasteiger partial charge in [-0.2, -0.15) is 5.10 Å². The molecule has 1 aliphatic heterocycles. The van der Waals surface area contributed by atoms with Gasteiger partial charge >= 0.3 is 0 Å². The molecule has 1 aliphatic carbocycles. The first-order valence-corrected chi connectivity index (χ1v) is 11.8. The number of benzene rings is 1. The van der Waals surface area contributed by atoms with Gasteiger partial charge in [0, 0.05) is 37.5 Å². The van der Waals surface area contributed by atoms with E-state index in [0.717, 1.165) is 53.7 Å². The first kappa shape index (κ1) is 24.5. The molecule has 7 nitrogen and oxygen atoms in total. The van der Waals surface area contributed by atoms with Crippen molar-refractivity contribution in [1.82, 2.24) is 25.4 Å². The number of aromatic nitrogens is 3. The molecule has 2 aliphatic rings. The van der Waals surface area contributed by atoms with Gasteiger partial charge in [-0.1, -0.05) is 24.3 Å². The summed E-state index contributed by atoms with van der Waals surface area (Å²) in [4.78, 5) is 9.09. The van der Waals surface area contributed by atoms with Crippen LogP contribution < -0.4 is 15.4 Å². The Kier molecular flexibility index (Phi) is 7.45. The lowest BCUT2D eigenvalue weighted by Gasteiger charge is -2.40. The van der Waals surface area contributed by atoms with Crippen molar-refractivity contribution < 1.29 is 4.74 Å². The maximum absolute atomic E-state index is 6.50. The molecular weight excluding hydrogens is 539 g/mol. The van der Waals surface area contributed by atoms with Crippen LogP contribution in [0, 0.1) is 13.8 Å². The van der Waals surface area contributed by atoms with E-state index < -0.39 is 0 Å². The van der Waals surface area contributed by atoms with E-state index in [2.05, 4.69) is 62.1 Å². The SMILES string of the molecule is CN=C(NCc1ccc(-n2nc(C)cc2C)nc1)NC1CC2(CCCC2)Oc2ccccc21.I. The number of hydrogen-bond acceptors (Lipinski definition) is 4. The zero-order valence-electron chi connectivity index (χ0n) is 20.0. The molecule has 34 heavy (non-hydrogen) atoms. The molecule has 0 bridgehead atoms. The largest absolute Gasteiger partial charge is 0.487 e. The van der Waals surface area contributed by atoms with Gasteiger partial charge < -0.3 is 15.4 Å². The number of aryl methyl sites for hydroxylation is 2. The Bertz CT molecular complexity index is 1150. The highest BCUT2D eigenvalue weighted by Gasteiger charge is 2.43. The van der Waals surface area contributed by atoms with Crippen molar-refractivity contribution in [2.75, 3.05) is 7.05 Å². The van der Waals surface area contributed by atoms with Crippen molar-refractivity contribution >= 4 is 29.9 Å². The number of halogens is 1. The molecule has 1 atom stereocenters. The van der Waals surface area contributed by atoms with Gasteiger partial charge in [-0.05, 0) is 63.3 Å². The standard InChI is InChI=1S/C26H32N6O.HI/c1-18-14-19(2)32(31-18)24-11-10-20(16-28-24)17-29-25(27-3)30-22-15-26(12-6-7-13-26)33-23-9-5-4-8-21(22)23;/h4-5,8-11,14,16,22H,6-7,12-13,15,17H2,1-3H3,(H2,27,29,30);1H. The molecule has 0 saturated heterocycles. The molecule has 180 valence electrons. The Labute approximate surface area is 218 Å². The number of pyridine rings is 1. The normalized spacial score (nSPS) is 18.7. The van der Waals surface area contributed by atoms with E-state index in [1.807, 2.05) is 37.8 Å². The molecular formula is C26H33IN6O. The average molecular weight is 572 g/mol. The van der Waals surface area contributed by atoms with Crippen LogP contribution in [-0.4, -0.2) is 33.4 Å². The summed E-state index contributed by atoms with van der Waals surface area (Å²) in [5.74, 6) is 2.61. The van der Waals surface area contributed by atoms with Crippen LogP contribution in [0.1, 0.15) is 60.7 Å². The Balaban J connectivity index is 0.00000274. The summed E-state index contributed by atoms with van der Waals surface area (Å²) in [6, 6.07) is 14.7. The van der Waals surface area contributed by atoms with Gasteiger partial charge in [0.15, 0.2) is 11.8 Å². The van der Waals surface area contributed by atoms with Gasteiger partial charge in [0.1, 0.15) is 11.4 Å². The van der Waals surface area contributed by atoms with E-state index in [-0.39, 0.29) is 35.6 Å². The molecule has 1 aromatic carbocycles. The van der Waals surface area contributed by atoms with E-state index in [0.29, 0.717) is 6.54 Å². The number of ether oxygens (including phenoxy) is 1. The fourth-order valence-corrected chi connectivity index (χ4v) is 5.13. The van der Waals surface area contributed by atoms with E-state index in [9.17, 15) is 0 Å². The third-order valence-electron chi connectivity index (χ3n) is 6.74. The fraction of sp³-hybridized carbons (Fsp3) is 0.423. The summed E-state index contributed by atoms with van der Waals surface area (Å²) >= 11 is 0. The molecule has 5 rings (SSSR count). The van der Waals surface area contributed by atoms with E-state index >= 15 is 0 Å². The zero-order chi connectivity index (χ0) is 22.8. The van der Waals surface area contributed by atoms with Crippen LogP contribution in [0.25, 0.3) is 5.82 Å². The molecule has 1 unspecified atom stereocenters. The Morgan fingerprint density at radius 2 is 1.97 bits per heavy atom. The summed E-state index contributed by atoms with van der Waals surface area (Å²) in [6.07, 6.45) is 7.58. The minimum absolute atomic E-state index is 0. The van der Waals surface area contributed by atoms with Crippen molar-refractivity contribution in [1.29, 1.82) is 0 Å². The topological polar surface area (TPSA) is 76.4 Å². The summed E-state index contributed by atoms with van der Waals surface area (Å²) in [6.45, 7) is 4.67. The Morgan fingerprint density at radius 3 is 2.65 bits per heavy atom. The maximum Gasteiger partial charge on any atom is 0.191 e. The van der Waals surface area contributed by atoms with Gasteiger partial charge in [-0.3, -0.25) is 4.99 Å². The highest BCUT2D eigenvalue weighted by atomic mass is 127. The number of para-hydroxylation sites is 1. The van der Waals surface area contributed by atoms with E-state index in [1.165, 1.54) is 18.4 Å². The predicted molar refractivity (Wildman–Crippen MR) is 145 cm³/mol. The molecule has 0 amide bonds. The monoisotopic (exact) mass is 572 g/mol. The molecule has 3 heterocycles. The van der Waals surface area contributed by atoms with Gasteiger partial charge in [0.05, 0.1) is 11.7 Å². The molecule has 2 N–H and O–H groups in total. The van der Waals surface area contributed by atoms with Gasteiger partial charge in [0.25, 0.3) is 0 Å². The van der Waals surface area contributed by atoms with Crippen molar-refractivity contribution in [3.8, 4) is 11.6 Å². The third-order valence-corrected chi connectivity index (χ3v) is 6.74. The minimum atomic E-state index is -0.0480. The smallest absolute Gasteiger partial charge is 0.191 e. The van der Waals surface area contributed by atoms with Crippen LogP contribution in [0.4, 0.5) is 0 Å². The zero-order valence-corrected chi connectivity index (χ0v) is 22.4. The van der Waals surface area contributed by atoms with Crippen LogP contribution in [0.15, 0.2) is 53.7 Å². The van der Waals surface area contributed by atoms with Crippen LogP contribution in [0.5, 0.6) is 5.75 Å². The Hall–Kier alpha value is -2.62. The van der Waals surface area contributed by atoms with Crippen LogP contribution in [0.2, 0.25) is 0 Å². The van der Waals surface area contributed by atoms with Crippen molar-refractivity contribution in [3.63, 3.8) is 0 Å². The quantitative estimate of drug-likeness (QED) is 0.262. The van der Waals surface area contributed by atoms with Gasteiger partial charge in [0.2, 0.25) is 0 Å². The molecule has 1 spiro atoms. The number of aliphatic imine (C=N–C) groups is 1. The second kappa shape index (κ2) is 10.3. The molecule has 1 saturated carbocycles. The lowest BCUT2D eigenvalue weighted by molar-refractivity contribution is 0.0396. The number of fused-ring (bicyclic) bond motifs is 1. The van der Waals surface area contributed by atoms with E-state index in [1.54, 1.807) is 0 Å². The maximum atomic E-state index is 6.50. The predicted octanol–water partition coefficient (Wildman–Crippen LogP) is 5.00. The Morgan fingerprint density at radius 1 is 1.18 bits per heavy atom. The van der Waals surface area contributed by atoms with E-state index in [4.69, 9.17) is 4.74 Å². The van der Waals surface area contributed by atoms with Gasteiger partial charge in [-0.15, -0.1) is 24.0 Å². The summed E-state index contributed by atoms with van der Waals surface area (Å²) in [5.41, 5.74) is 4.31. The van der Waals surface area contributed by atoms with Crippen molar-refractivity contribution in [2.24, 2.45) is 4.99 Å². The first-order chi connectivity index (χ1) is 16.0. The minimum Gasteiger partial charge on any atom is -0.487 e. The molecule has 1 fully saturated rings. The number of guanidine groups is 1. The number of nitrogens with zero attached hydrogens (tertiary/aromatic N) is 4. The van der Waals surface area contributed by atoms with Crippen LogP contribution in [-0.2, 0) is 6.54 Å². The summed E-state index contributed by atoms with van der Waals surface area (Å²) in [5, 5.41) is 11.6. The molecule has 0 radical (unpaired) electrons. The highest BCUT2D eigenvalue weighted by Crippen LogP contribution is 2.46. The molecule has 8 heteroatoms. The average Bonchev–Trinajstić information content (AvgIpc) is 3.41. The lowest BCUT2D eigenvalue weighted by atomic mass is 9.86. The second-order valence-electron chi connectivity index (χ2n) is 9.22. The molecule has 2 aromatic heterocycles. The first-order valence-electron chi connectivity index (χ1n) is 11.8.